The highest BCUT2D eigenvalue weighted by Gasteiger charge is 2.09. The van der Waals surface area contributed by atoms with Crippen LogP contribution in [0.5, 0.6) is 0 Å². The van der Waals surface area contributed by atoms with Gasteiger partial charge in [-0.15, -0.1) is 11.8 Å². The maximum atomic E-state index is 11.9. The molecular formula is C19H19Cl2NO3S. The van der Waals surface area contributed by atoms with Crippen LogP contribution in [0, 0.1) is 6.92 Å². The van der Waals surface area contributed by atoms with Crippen molar-refractivity contribution < 1.29 is 14.3 Å². The zero-order valence-corrected chi connectivity index (χ0v) is 16.6. The highest BCUT2D eigenvalue weighted by atomic mass is 35.5. The van der Waals surface area contributed by atoms with E-state index in [0.717, 1.165) is 16.2 Å². The molecule has 0 fully saturated rings. The Labute approximate surface area is 167 Å². The Morgan fingerprint density at radius 3 is 2.46 bits per heavy atom. The van der Waals surface area contributed by atoms with E-state index in [-0.39, 0.29) is 24.9 Å². The molecule has 0 bridgehead atoms. The molecule has 138 valence electrons. The van der Waals surface area contributed by atoms with Crippen molar-refractivity contribution in [3.8, 4) is 0 Å². The average molecular weight is 412 g/mol. The van der Waals surface area contributed by atoms with Gasteiger partial charge in [0.25, 0.3) is 5.91 Å². The fourth-order valence-corrected chi connectivity index (χ4v) is 3.31. The summed E-state index contributed by atoms with van der Waals surface area (Å²) in [6, 6.07) is 12.7. The van der Waals surface area contributed by atoms with E-state index in [1.54, 1.807) is 30.0 Å². The van der Waals surface area contributed by atoms with E-state index in [4.69, 9.17) is 27.9 Å². The molecule has 2 aromatic rings. The van der Waals surface area contributed by atoms with Crippen LogP contribution in [0.25, 0.3) is 0 Å². The van der Waals surface area contributed by atoms with E-state index in [1.165, 1.54) is 0 Å². The molecule has 0 atom stereocenters. The average Bonchev–Trinajstić information content (AvgIpc) is 2.61. The molecule has 0 saturated carbocycles. The van der Waals surface area contributed by atoms with Crippen LogP contribution in [0.3, 0.4) is 0 Å². The van der Waals surface area contributed by atoms with Gasteiger partial charge in [0.15, 0.2) is 6.61 Å². The van der Waals surface area contributed by atoms with Gasteiger partial charge in [0.1, 0.15) is 0 Å². The first-order chi connectivity index (χ1) is 12.4. The normalized spacial score (nSPS) is 10.4. The third-order valence-electron chi connectivity index (χ3n) is 3.43. The lowest BCUT2D eigenvalue weighted by atomic mass is 10.2. The smallest absolute Gasteiger partial charge is 0.306 e. The summed E-state index contributed by atoms with van der Waals surface area (Å²) in [5.41, 5.74) is 1.49. The van der Waals surface area contributed by atoms with Gasteiger partial charge >= 0.3 is 5.97 Å². The molecule has 0 spiro atoms. The Bertz CT molecular complexity index is 766. The van der Waals surface area contributed by atoms with Gasteiger partial charge in [0, 0.05) is 27.0 Å². The SMILES string of the molecule is Cc1cc(Cl)ccc1NC(=O)COC(=O)CCCSc1ccc(Cl)cc1. The van der Waals surface area contributed by atoms with Crippen molar-refractivity contribution in [2.45, 2.75) is 24.7 Å². The quantitative estimate of drug-likeness (QED) is 0.361. The number of hydrogen-bond donors (Lipinski definition) is 1. The van der Waals surface area contributed by atoms with Gasteiger partial charge in [-0.2, -0.15) is 0 Å². The summed E-state index contributed by atoms with van der Waals surface area (Å²) in [6.45, 7) is 1.54. The van der Waals surface area contributed by atoms with Crippen molar-refractivity contribution in [2.24, 2.45) is 0 Å². The zero-order chi connectivity index (χ0) is 18.9. The second kappa shape index (κ2) is 10.5. The number of aryl methyl sites for hydroxylation is 1. The van der Waals surface area contributed by atoms with Gasteiger partial charge in [0.2, 0.25) is 0 Å². The molecular weight excluding hydrogens is 393 g/mol. The summed E-state index contributed by atoms with van der Waals surface area (Å²) >= 11 is 13.3. The third kappa shape index (κ3) is 7.28. The molecule has 0 saturated heterocycles. The summed E-state index contributed by atoms with van der Waals surface area (Å²) < 4.78 is 5.00. The van der Waals surface area contributed by atoms with E-state index in [1.807, 2.05) is 31.2 Å². The first kappa shape index (κ1) is 20.6. The molecule has 1 amide bonds. The lowest BCUT2D eigenvalue weighted by molar-refractivity contribution is -0.147. The molecule has 1 N–H and O–H groups in total. The van der Waals surface area contributed by atoms with Crippen molar-refractivity contribution in [3.05, 3.63) is 58.1 Å². The van der Waals surface area contributed by atoms with Crippen LogP contribution in [0.15, 0.2) is 47.4 Å². The van der Waals surface area contributed by atoms with Crippen LogP contribution >= 0.6 is 35.0 Å². The topological polar surface area (TPSA) is 55.4 Å². The highest BCUT2D eigenvalue weighted by molar-refractivity contribution is 7.99. The molecule has 0 radical (unpaired) electrons. The summed E-state index contributed by atoms with van der Waals surface area (Å²) in [7, 11) is 0. The van der Waals surface area contributed by atoms with Crippen molar-refractivity contribution >= 4 is 52.5 Å². The summed E-state index contributed by atoms with van der Waals surface area (Å²) in [5, 5.41) is 4.00. The molecule has 7 heteroatoms. The fraction of sp³-hybridized carbons (Fsp3) is 0.263. The summed E-state index contributed by atoms with van der Waals surface area (Å²) in [6.07, 6.45) is 0.942. The minimum Gasteiger partial charge on any atom is -0.456 e. The molecule has 2 rings (SSSR count). The van der Waals surface area contributed by atoms with Crippen LogP contribution in [-0.4, -0.2) is 24.2 Å². The second-order valence-electron chi connectivity index (χ2n) is 5.57. The van der Waals surface area contributed by atoms with E-state index < -0.39 is 0 Å². The van der Waals surface area contributed by atoms with Gasteiger partial charge in [-0.1, -0.05) is 23.2 Å². The Balaban J connectivity index is 1.63. The number of esters is 1. The molecule has 0 unspecified atom stereocenters. The Morgan fingerprint density at radius 2 is 1.77 bits per heavy atom. The van der Waals surface area contributed by atoms with Crippen molar-refractivity contribution in [2.75, 3.05) is 17.7 Å². The minimum atomic E-state index is -0.385. The molecule has 0 aliphatic rings. The van der Waals surface area contributed by atoms with Crippen molar-refractivity contribution in [1.29, 1.82) is 0 Å². The summed E-state index contributed by atoms with van der Waals surface area (Å²) in [5.74, 6) is 0.0244. The van der Waals surface area contributed by atoms with Crippen LogP contribution in [0.1, 0.15) is 18.4 Å². The predicted molar refractivity (Wildman–Crippen MR) is 107 cm³/mol. The van der Waals surface area contributed by atoms with Crippen LogP contribution in [-0.2, 0) is 14.3 Å². The van der Waals surface area contributed by atoms with Crippen LogP contribution in [0.2, 0.25) is 10.0 Å². The van der Waals surface area contributed by atoms with Crippen LogP contribution < -0.4 is 5.32 Å². The van der Waals surface area contributed by atoms with Gasteiger partial charge < -0.3 is 10.1 Å². The highest BCUT2D eigenvalue weighted by Crippen LogP contribution is 2.21. The minimum absolute atomic E-state index is 0.272. The number of anilines is 1. The Kier molecular flexibility index (Phi) is 8.29. The number of carbonyl (C=O) groups excluding carboxylic acids is 2. The lowest BCUT2D eigenvalue weighted by Gasteiger charge is -2.09. The van der Waals surface area contributed by atoms with Gasteiger partial charge in [-0.05, 0) is 67.1 Å². The molecule has 2 aromatic carbocycles. The zero-order valence-electron chi connectivity index (χ0n) is 14.3. The van der Waals surface area contributed by atoms with E-state index >= 15 is 0 Å². The van der Waals surface area contributed by atoms with E-state index in [9.17, 15) is 9.59 Å². The molecule has 4 nitrogen and oxygen atoms in total. The maximum absolute atomic E-state index is 11.9. The number of benzene rings is 2. The number of thioether (sulfide) groups is 1. The molecule has 0 aliphatic carbocycles. The standard InChI is InChI=1S/C19H19Cl2NO3S/c1-13-11-15(21)6-9-17(13)22-18(23)12-25-19(24)3-2-10-26-16-7-4-14(20)5-8-16/h4-9,11H,2-3,10,12H2,1H3,(H,22,23). The van der Waals surface area contributed by atoms with Gasteiger partial charge in [0.05, 0.1) is 0 Å². The molecule has 0 aliphatic heterocycles. The third-order valence-corrected chi connectivity index (χ3v) is 5.02. The predicted octanol–water partition coefficient (Wildman–Crippen LogP) is 5.36. The van der Waals surface area contributed by atoms with Crippen molar-refractivity contribution in [1.82, 2.24) is 0 Å². The number of amides is 1. The lowest BCUT2D eigenvalue weighted by Crippen LogP contribution is -2.21. The van der Waals surface area contributed by atoms with E-state index in [0.29, 0.717) is 22.2 Å². The Morgan fingerprint density at radius 1 is 1.08 bits per heavy atom. The number of rotatable bonds is 8. The number of nitrogens with one attached hydrogen (secondary N) is 1. The second-order valence-corrected chi connectivity index (χ2v) is 7.62. The largest absolute Gasteiger partial charge is 0.456 e. The van der Waals surface area contributed by atoms with Crippen molar-refractivity contribution in [3.63, 3.8) is 0 Å². The Hall–Kier alpha value is -1.69. The molecule has 26 heavy (non-hydrogen) atoms. The van der Waals surface area contributed by atoms with Gasteiger partial charge in [-0.3, -0.25) is 9.59 Å². The number of hydrogen-bond acceptors (Lipinski definition) is 4. The molecule has 0 heterocycles. The van der Waals surface area contributed by atoms with E-state index in [2.05, 4.69) is 5.32 Å². The first-order valence-electron chi connectivity index (χ1n) is 8.04. The summed E-state index contributed by atoms with van der Waals surface area (Å²) in [4.78, 5) is 24.7. The fourth-order valence-electron chi connectivity index (χ4n) is 2.11. The van der Waals surface area contributed by atoms with Gasteiger partial charge in [-0.25, -0.2) is 0 Å². The number of carbonyl (C=O) groups is 2. The maximum Gasteiger partial charge on any atom is 0.306 e. The first-order valence-corrected chi connectivity index (χ1v) is 9.78. The number of halogens is 2. The monoisotopic (exact) mass is 411 g/mol. The molecule has 0 aromatic heterocycles. The number of ether oxygens (including phenoxy) is 1. The van der Waals surface area contributed by atoms with Crippen LogP contribution in [0.4, 0.5) is 5.69 Å².